The molecule has 0 bridgehead atoms. The molecule has 1 aliphatic rings. The highest BCUT2D eigenvalue weighted by Crippen LogP contribution is 2.23. The van der Waals surface area contributed by atoms with Gasteiger partial charge in [-0.05, 0) is 55.0 Å². The second-order valence-electron chi connectivity index (χ2n) is 6.38. The third-order valence-electron chi connectivity index (χ3n) is 4.38. The Balaban J connectivity index is 1.55. The molecule has 26 heavy (non-hydrogen) atoms. The molecule has 4 nitrogen and oxygen atoms in total. The molecule has 0 aromatic heterocycles. The number of aryl methyl sites for hydroxylation is 2. The van der Waals surface area contributed by atoms with Crippen LogP contribution < -0.4 is 5.32 Å². The second kappa shape index (κ2) is 7.64. The van der Waals surface area contributed by atoms with Crippen LogP contribution in [-0.2, 0) is 33.6 Å². The van der Waals surface area contributed by atoms with E-state index in [0.717, 1.165) is 37.0 Å². The highest BCUT2D eigenvalue weighted by atomic mass is 19.1. The van der Waals surface area contributed by atoms with E-state index in [2.05, 4.69) is 5.32 Å². The monoisotopic (exact) mass is 359 g/mol. The molecule has 0 radical (unpaired) electrons. The van der Waals surface area contributed by atoms with Gasteiger partial charge in [0, 0.05) is 6.07 Å². The number of nitrogens with one attached hydrogen (secondary N) is 1. The Bertz CT molecular complexity index is 851. The first-order chi connectivity index (χ1) is 12.4. The Kier molecular flexibility index (Phi) is 5.30. The van der Waals surface area contributed by atoms with Crippen LogP contribution in [-0.4, -0.2) is 18.0 Å². The normalized spacial score (nSPS) is 13.8. The van der Waals surface area contributed by atoms with Crippen LogP contribution in [0.2, 0.25) is 0 Å². The maximum absolute atomic E-state index is 13.6. The molecule has 0 spiro atoms. The quantitative estimate of drug-likeness (QED) is 0.831. The van der Waals surface area contributed by atoms with E-state index in [0.29, 0.717) is 6.07 Å². The van der Waals surface area contributed by atoms with E-state index in [9.17, 15) is 18.4 Å². The Morgan fingerprint density at radius 1 is 1.12 bits per heavy atom. The second-order valence-corrected chi connectivity index (χ2v) is 6.38. The molecule has 0 unspecified atom stereocenters. The summed E-state index contributed by atoms with van der Waals surface area (Å²) in [6, 6.07) is 8.73. The molecule has 0 saturated carbocycles. The molecule has 2 aromatic carbocycles. The smallest absolute Gasteiger partial charge is 0.311 e. The van der Waals surface area contributed by atoms with E-state index in [1.165, 1.54) is 18.1 Å². The van der Waals surface area contributed by atoms with Crippen LogP contribution in [0.5, 0.6) is 0 Å². The van der Waals surface area contributed by atoms with E-state index in [1.807, 2.05) is 18.2 Å². The number of esters is 1. The van der Waals surface area contributed by atoms with Gasteiger partial charge in [-0.3, -0.25) is 9.59 Å². The summed E-state index contributed by atoms with van der Waals surface area (Å²) < 4.78 is 31.6. The van der Waals surface area contributed by atoms with Crippen LogP contribution in [0.15, 0.2) is 36.4 Å². The topological polar surface area (TPSA) is 55.4 Å². The van der Waals surface area contributed by atoms with Crippen molar-refractivity contribution in [1.29, 1.82) is 0 Å². The summed E-state index contributed by atoms with van der Waals surface area (Å²) in [4.78, 5) is 24.1. The van der Waals surface area contributed by atoms with Crippen molar-refractivity contribution in [3.8, 4) is 0 Å². The number of anilines is 1. The van der Waals surface area contributed by atoms with E-state index in [4.69, 9.17) is 4.74 Å². The largest absolute Gasteiger partial charge is 0.452 e. The van der Waals surface area contributed by atoms with Gasteiger partial charge >= 0.3 is 5.97 Å². The molecule has 0 saturated heterocycles. The number of hydrogen-bond acceptors (Lipinski definition) is 3. The maximum atomic E-state index is 13.6. The minimum absolute atomic E-state index is 0.0653. The van der Waals surface area contributed by atoms with Gasteiger partial charge in [0.15, 0.2) is 6.10 Å². The van der Waals surface area contributed by atoms with Gasteiger partial charge in [0.05, 0.1) is 12.1 Å². The molecular weight excluding hydrogens is 340 g/mol. The molecule has 6 heteroatoms. The average Bonchev–Trinajstić information content (AvgIpc) is 3.04. The van der Waals surface area contributed by atoms with Crippen LogP contribution in [0.4, 0.5) is 14.5 Å². The van der Waals surface area contributed by atoms with Crippen molar-refractivity contribution in [2.45, 2.75) is 38.7 Å². The fourth-order valence-corrected chi connectivity index (χ4v) is 3.02. The molecule has 0 aliphatic heterocycles. The summed E-state index contributed by atoms with van der Waals surface area (Å²) in [7, 11) is 0. The maximum Gasteiger partial charge on any atom is 0.311 e. The third-order valence-corrected chi connectivity index (χ3v) is 4.38. The SMILES string of the molecule is C[C@H](OC(=O)Cc1ccc2c(c1)CCC2)C(=O)Nc1ccc(F)cc1F. The summed E-state index contributed by atoms with van der Waals surface area (Å²) in [5.41, 5.74) is 3.25. The lowest BCUT2D eigenvalue weighted by Gasteiger charge is -2.14. The Morgan fingerprint density at radius 3 is 2.65 bits per heavy atom. The zero-order chi connectivity index (χ0) is 18.7. The van der Waals surface area contributed by atoms with Crippen LogP contribution in [0, 0.1) is 11.6 Å². The molecule has 3 rings (SSSR count). The van der Waals surface area contributed by atoms with Gasteiger partial charge < -0.3 is 10.1 Å². The van der Waals surface area contributed by atoms with Crippen molar-refractivity contribution in [1.82, 2.24) is 0 Å². The standard InChI is InChI=1S/C20H19F2NO3/c1-12(20(25)23-18-8-7-16(21)11-17(18)22)26-19(24)10-13-5-6-14-3-2-4-15(14)9-13/h5-9,11-12H,2-4,10H2,1H3,(H,23,25)/t12-/m0/s1. The first kappa shape index (κ1) is 18.0. The molecule has 0 fully saturated rings. The van der Waals surface area contributed by atoms with Crippen molar-refractivity contribution in [3.05, 3.63) is 64.7 Å². The number of ether oxygens (including phenoxy) is 1. The highest BCUT2D eigenvalue weighted by Gasteiger charge is 2.20. The molecule has 1 amide bonds. The van der Waals surface area contributed by atoms with Gasteiger partial charge in [-0.1, -0.05) is 18.2 Å². The summed E-state index contributed by atoms with van der Waals surface area (Å²) in [5, 5.41) is 2.28. The Labute approximate surface area is 150 Å². The third kappa shape index (κ3) is 4.25. The lowest BCUT2D eigenvalue weighted by Crippen LogP contribution is -2.30. The minimum Gasteiger partial charge on any atom is -0.452 e. The van der Waals surface area contributed by atoms with Gasteiger partial charge in [-0.15, -0.1) is 0 Å². The number of fused-ring (bicyclic) bond motifs is 1. The van der Waals surface area contributed by atoms with Crippen molar-refractivity contribution in [3.63, 3.8) is 0 Å². The van der Waals surface area contributed by atoms with Crippen molar-refractivity contribution in [2.75, 3.05) is 5.32 Å². The minimum atomic E-state index is -1.10. The van der Waals surface area contributed by atoms with Crippen LogP contribution in [0.1, 0.15) is 30.0 Å². The Morgan fingerprint density at radius 2 is 1.88 bits per heavy atom. The highest BCUT2D eigenvalue weighted by molar-refractivity contribution is 5.95. The number of hydrogen-bond donors (Lipinski definition) is 1. The van der Waals surface area contributed by atoms with E-state index in [-0.39, 0.29) is 12.1 Å². The molecule has 1 atom stereocenters. The first-order valence-corrected chi connectivity index (χ1v) is 8.48. The lowest BCUT2D eigenvalue weighted by molar-refractivity contribution is -0.152. The fourth-order valence-electron chi connectivity index (χ4n) is 3.02. The molecular formula is C20H19F2NO3. The lowest BCUT2D eigenvalue weighted by atomic mass is 10.0. The number of carbonyl (C=O) groups is 2. The average molecular weight is 359 g/mol. The van der Waals surface area contributed by atoms with Gasteiger partial charge in [0.1, 0.15) is 11.6 Å². The van der Waals surface area contributed by atoms with E-state index in [1.54, 1.807) is 0 Å². The molecule has 1 N–H and O–H groups in total. The number of amides is 1. The predicted octanol–water partition coefficient (Wildman–Crippen LogP) is 3.57. The molecule has 136 valence electrons. The molecule has 2 aromatic rings. The summed E-state index contributed by atoms with van der Waals surface area (Å²) in [6.07, 6.45) is 2.18. The van der Waals surface area contributed by atoms with Gasteiger partial charge in [-0.25, -0.2) is 8.78 Å². The van der Waals surface area contributed by atoms with Crippen molar-refractivity contribution >= 4 is 17.6 Å². The van der Waals surface area contributed by atoms with Crippen LogP contribution >= 0.6 is 0 Å². The number of rotatable bonds is 5. The zero-order valence-electron chi connectivity index (χ0n) is 14.4. The zero-order valence-corrected chi connectivity index (χ0v) is 14.4. The van der Waals surface area contributed by atoms with Gasteiger partial charge in [-0.2, -0.15) is 0 Å². The summed E-state index contributed by atoms with van der Waals surface area (Å²) in [5.74, 6) is -2.85. The van der Waals surface area contributed by atoms with Crippen LogP contribution in [0.3, 0.4) is 0 Å². The first-order valence-electron chi connectivity index (χ1n) is 8.48. The Hall–Kier alpha value is -2.76. The number of carbonyl (C=O) groups excluding carboxylic acids is 2. The van der Waals surface area contributed by atoms with Crippen LogP contribution in [0.25, 0.3) is 0 Å². The predicted molar refractivity (Wildman–Crippen MR) is 92.7 cm³/mol. The van der Waals surface area contributed by atoms with Crippen molar-refractivity contribution in [2.24, 2.45) is 0 Å². The van der Waals surface area contributed by atoms with Gasteiger partial charge in [0.25, 0.3) is 5.91 Å². The summed E-state index contributed by atoms with van der Waals surface area (Å²) in [6.45, 7) is 1.40. The fraction of sp³-hybridized carbons (Fsp3) is 0.300. The molecule has 0 heterocycles. The number of halogens is 2. The van der Waals surface area contributed by atoms with Gasteiger partial charge in [0.2, 0.25) is 0 Å². The van der Waals surface area contributed by atoms with E-state index >= 15 is 0 Å². The van der Waals surface area contributed by atoms with E-state index < -0.39 is 29.6 Å². The number of benzene rings is 2. The summed E-state index contributed by atoms with van der Waals surface area (Å²) >= 11 is 0. The molecule has 1 aliphatic carbocycles. The van der Waals surface area contributed by atoms with Crippen molar-refractivity contribution < 1.29 is 23.1 Å².